The second kappa shape index (κ2) is 5.52. The Morgan fingerprint density at radius 2 is 1.79 bits per heavy atom. The van der Waals surface area contributed by atoms with E-state index < -0.39 is 32.7 Å². The van der Waals surface area contributed by atoms with Crippen molar-refractivity contribution in [2.24, 2.45) is 0 Å². The van der Waals surface area contributed by atoms with Crippen LogP contribution in [-0.4, -0.2) is 56.3 Å². The van der Waals surface area contributed by atoms with Crippen LogP contribution in [0.1, 0.15) is 0 Å². The average molecular weight is 232 g/mol. The van der Waals surface area contributed by atoms with Crippen LogP contribution in [0.25, 0.3) is 0 Å². The lowest BCUT2D eigenvalue weighted by Gasteiger charge is -2.19. The topological polar surface area (TPSA) is 145 Å². The summed E-state index contributed by atoms with van der Waals surface area (Å²) in [6, 6.07) is 0. The minimum atomic E-state index is -4.74. The molecule has 9 heteroatoms. The fourth-order valence-corrected chi connectivity index (χ4v) is 0.927. The molecule has 84 valence electrons. The van der Waals surface area contributed by atoms with Crippen LogP contribution in [0.15, 0.2) is 0 Å². The summed E-state index contributed by atoms with van der Waals surface area (Å²) in [6.45, 7) is -0.893. The molecule has 0 heterocycles. The van der Waals surface area contributed by atoms with Crippen LogP contribution in [0, 0.1) is 0 Å². The molecule has 0 aromatic rings. The molecule has 0 bridgehead atoms. The molecule has 14 heavy (non-hydrogen) atoms. The van der Waals surface area contributed by atoms with Crippen LogP contribution < -0.4 is 0 Å². The van der Waals surface area contributed by atoms with Gasteiger partial charge in [0, 0.05) is 0 Å². The number of hydrogen-bond donors (Lipinski definition) is 5. The van der Waals surface area contributed by atoms with E-state index in [1.54, 1.807) is 0 Å². The van der Waals surface area contributed by atoms with Gasteiger partial charge in [-0.1, -0.05) is 0 Å². The van der Waals surface area contributed by atoms with Gasteiger partial charge in [0.2, 0.25) is 0 Å². The molecular formula is C5H11O8P. The highest BCUT2D eigenvalue weighted by Crippen LogP contribution is 2.35. The lowest BCUT2D eigenvalue weighted by molar-refractivity contribution is -0.127. The van der Waals surface area contributed by atoms with Gasteiger partial charge in [-0.05, 0) is 0 Å². The van der Waals surface area contributed by atoms with E-state index in [0.29, 0.717) is 0 Å². The number of rotatable bonds is 6. The molecule has 0 radical (unpaired) electrons. The molecule has 0 fully saturated rings. The molecule has 3 atom stereocenters. The zero-order valence-corrected chi connectivity index (χ0v) is 7.82. The molecule has 8 nitrogen and oxygen atoms in total. The SMILES string of the molecule is O=[13CH][13C@H](O)[C@H](O)[C@H](O)COP(=O)(O)O. The van der Waals surface area contributed by atoms with Crippen molar-refractivity contribution in [3.05, 3.63) is 0 Å². The Morgan fingerprint density at radius 3 is 2.14 bits per heavy atom. The van der Waals surface area contributed by atoms with Gasteiger partial charge in [-0.15, -0.1) is 0 Å². The van der Waals surface area contributed by atoms with E-state index >= 15 is 0 Å². The highest BCUT2D eigenvalue weighted by molar-refractivity contribution is 7.46. The summed E-state index contributed by atoms with van der Waals surface area (Å²) in [4.78, 5) is 26.4. The van der Waals surface area contributed by atoms with Gasteiger partial charge >= 0.3 is 7.82 Å². The molecule has 0 rings (SSSR count). The van der Waals surface area contributed by atoms with Gasteiger partial charge in [0.25, 0.3) is 0 Å². The monoisotopic (exact) mass is 232 g/mol. The van der Waals surface area contributed by atoms with Crippen LogP contribution in [0.3, 0.4) is 0 Å². The van der Waals surface area contributed by atoms with Crippen molar-refractivity contribution in [3.63, 3.8) is 0 Å². The molecule has 0 aliphatic carbocycles. The van der Waals surface area contributed by atoms with Crippen LogP contribution in [-0.2, 0) is 13.9 Å². The maximum atomic E-state index is 10.1. The molecule has 0 unspecified atom stereocenters. The molecule has 0 saturated carbocycles. The summed E-state index contributed by atoms with van der Waals surface area (Å²) in [5.41, 5.74) is 0. The third-order valence-electron chi connectivity index (χ3n) is 1.30. The Kier molecular flexibility index (Phi) is 5.38. The molecule has 0 spiro atoms. The highest BCUT2D eigenvalue weighted by atomic mass is 31.2. The minimum absolute atomic E-state index is 0.0225. The maximum absolute atomic E-state index is 10.1. The number of phosphoric acid groups is 1. The average Bonchev–Trinajstić information content (AvgIpc) is 2.10. The van der Waals surface area contributed by atoms with Crippen molar-refractivity contribution in [3.8, 4) is 0 Å². The maximum Gasteiger partial charge on any atom is 0.469 e. The third-order valence-corrected chi connectivity index (χ3v) is 1.78. The quantitative estimate of drug-likeness (QED) is 0.190. The summed E-state index contributed by atoms with van der Waals surface area (Å²) in [7, 11) is -4.74. The van der Waals surface area contributed by atoms with E-state index in [-0.39, 0.29) is 6.29 Å². The number of carbonyl (C=O) groups excluding carboxylic acids is 1. The van der Waals surface area contributed by atoms with Gasteiger partial charge in [-0.25, -0.2) is 4.57 Å². The minimum Gasteiger partial charge on any atom is -0.388 e. The number of aldehydes is 1. The number of aliphatic hydroxyl groups is 3. The van der Waals surface area contributed by atoms with Gasteiger partial charge in [0.1, 0.15) is 18.3 Å². The lowest BCUT2D eigenvalue weighted by Crippen LogP contribution is -2.40. The van der Waals surface area contributed by atoms with Crippen molar-refractivity contribution in [1.29, 1.82) is 0 Å². The fraction of sp³-hybridized carbons (Fsp3) is 0.800. The Hall–Kier alpha value is -0.340. The Balaban J connectivity index is 4.02. The van der Waals surface area contributed by atoms with Crippen molar-refractivity contribution in [2.75, 3.05) is 6.61 Å². The normalized spacial score (nSPS) is 18.6. The van der Waals surface area contributed by atoms with E-state index in [0.717, 1.165) is 0 Å². The van der Waals surface area contributed by atoms with Crippen LogP contribution >= 0.6 is 7.82 Å². The second-order valence-corrected chi connectivity index (χ2v) is 3.71. The van der Waals surface area contributed by atoms with Crippen molar-refractivity contribution < 1.29 is 39.0 Å². The predicted octanol–water partition coefficient (Wildman–Crippen LogP) is -2.62. The number of phosphoric ester groups is 1. The first-order chi connectivity index (χ1) is 6.28. The Morgan fingerprint density at radius 1 is 1.29 bits per heavy atom. The molecule has 0 saturated heterocycles. The number of aliphatic hydroxyl groups excluding tert-OH is 3. The Bertz CT molecular complexity index is 224. The van der Waals surface area contributed by atoms with E-state index in [2.05, 4.69) is 4.52 Å². The summed E-state index contributed by atoms with van der Waals surface area (Å²) in [6.07, 6.45) is -5.46. The van der Waals surface area contributed by atoms with Gasteiger partial charge in [-0.3, -0.25) is 4.52 Å². The van der Waals surface area contributed by atoms with Crippen molar-refractivity contribution in [2.45, 2.75) is 18.3 Å². The molecule has 0 amide bonds. The number of hydrogen-bond acceptors (Lipinski definition) is 6. The highest BCUT2D eigenvalue weighted by Gasteiger charge is 2.27. The second-order valence-electron chi connectivity index (χ2n) is 2.47. The van der Waals surface area contributed by atoms with E-state index in [4.69, 9.17) is 25.1 Å². The largest absolute Gasteiger partial charge is 0.469 e. The van der Waals surface area contributed by atoms with Gasteiger partial charge in [0.15, 0.2) is 6.29 Å². The smallest absolute Gasteiger partial charge is 0.388 e. The first kappa shape index (κ1) is 13.7. The molecule has 0 aliphatic rings. The zero-order valence-electron chi connectivity index (χ0n) is 6.92. The Labute approximate surface area is 79.0 Å². The predicted molar refractivity (Wildman–Crippen MR) is 42.1 cm³/mol. The summed E-state index contributed by atoms with van der Waals surface area (Å²) >= 11 is 0. The fourth-order valence-electron chi connectivity index (χ4n) is 0.580. The summed E-state index contributed by atoms with van der Waals surface area (Å²) in [5.74, 6) is 0. The zero-order chi connectivity index (χ0) is 11.4. The van der Waals surface area contributed by atoms with Crippen LogP contribution in [0.5, 0.6) is 0 Å². The standard InChI is InChI=1S/C5H11O8P/c6-1-3(7)5(9)4(8)2-13-14(10,11)12/h1,3-5,7-9H,2H2,(H2,10,11,12)/t3-,4+,5-/m0/s1/i1+1,3+1. The molecule has 0 aromatic carbocycles. The van der Waals surface area contributed by atoms with E-state index in [9.17, 15) is 9.36 Å². The lowest BCUT2D eigenvalue weighted by atomic mass is 10.3. The van der Waals surface area contributed by atoms with E-state index in [1.807, 2.05) is 0 Å². The van der Waals surface area contributed by atoms with Crippen LogP contribution in [0.4, 0.5) is 0 Å². The summed E-state index contributed by atoms with van der Waals surface area (Å²) in [5, 5.41) is 26.6. The third kappa shape index (κ3) is 5.40. The molecular weight excluding hydrogens is 221 g/mol. The van der Waals surface area contributed by atoms with Crippen molar-refractivity contribution in [1.82, 2.24) is 0 Å². The van der Waals surface area contributed by atoms with Gasteiger partial charge < -0.3 is 29.9 Å². The number of carbonyl (C=O) groups is 1. The first-order valence-corrected chi connectivity index (χ1v) is 5.00. The van der Waals surface area contributed by atoms with Gasteiger partial charge in [-0.2, -0.15) is 0 Å². The van der Waals surface area contributed by atoms with Crippen LogP contribution in [0.2, 0.25) is 0 Å². The van der Waals surface area contributed by atoms with E-state index in [1.165, 1.54) is 0 Å². The molecule has 5 N–H and O–H groups in total. The summed E-state index contributed by atoms with van der Waals surface area (Å²) < 4.78 is 14.0. The van der Waals surface area contributed by atoms with Crippen molar-refractivity contribution >= 4 is 14.1 Å². The molecule has 0 aliphatic heterocycles. The molecule has 0 aromatic heterocycles. The van der Waals surface area contributed by atoms with Gasteiger partial charge in [0.05, 0.1) is 6.61 Å². The first-order valence-electron chi connectivity index (χ1n) is 3.47.